The smallest absolute Gasteiger partial charge is 0.122 e. The molecule has 24 heavy (non-hydrogen) atoms. The van der Waals surface area contributed by atoms with E-state index in [2.05, 4.69) is 0 Å². The van der Waals surface area contributed by atoms with Gasteiger partial charge in [0.05, 0.1) is 0 Å². The number of aliphatic hydroxyl groups is 2. The van der Waals surface area contributed by atoms with E-state index in [1.165, 1.54) is 0 Å². The van der Waals surface area contributed by atoms with Gasteiger partial charge >= 0.3 is 0 Å². The first-order valence-electron chi connectivity index (χ1n) is 8.13. The number of benzene rings is 2. The van der Waals surface area contributed by atoms with Crippen LogP contribution >= 0.6 is 0 Å². The minimum absolute atomic E-state index is 0.0155. The fourth-order valence-electron chi connectivity index (χ4n) is 2.30. The number of aliphatic hydroxyl groups excluding tert-OH is 2. The summed E-state index contributed by atoms with van der Waals surface area (Å²) in [6.45, 7) is 7.89. The second-order valence-corrected chi connectivity index (χ2v) is 6.29. The van der Waals surface area contributed by atoms with E-state index >= 15 is 0 Å². The van der Waals surface area contributed by atoms with E-state index in [4.69, 9.17) is 9.47 Å². The molecule has 4 nitrogen and oxygen atoms in total. The molecule has 130 valence electrons. The first-order valence-corrected chi connectivity index (χ1v) is 8.13. The van der Waals surface area contributed by atoms with Crippen LogP contribution in [-0.2, 0) is 0 Å². The van der Waals surface area contributed by atoms with Gasteiger partial charge in [0.25, 0.3) is 0 Å². The van der Waals surface area contributed by atoms with E-state index in [1.807, 2.05) is 64.1 Å². The maximum Gasteiger partial charge on any atom is 0.122 e. The largest absolute Gasteiger partial charge is 0.491 e. The Balaban J connectivity index is 1.86. The Hall–Kier alpha value is -2.04. The van der Waals surface area contributed by atoms with Crippen molar-refractivity contribution >= 4 is 0 Å². The highest BCUT2D eigenvalue weighted by Crippen LogP contribution is 2.21. The summed E-state index contributed by atoms with van der Waals surface area (Å²) in [6, 6.07) is 11.8. The lowest BCUT2D eigenvalue weighted by atomic mass is 10.1. The van der Waals surface area contributed by atoms with Gasteiger partial charge < -0.3 is 19.7 Å². The molecule has 2 aromatic carbocycles. The third kappa shape index (κ3) is 4.98. The van der Waals surface area contributed by atoms with Crippen LogP contribution in [0.25, 0.3) is 0 Å². The Morgan fingerprint density at radius 3 is 1.46 bits per heavy atom. The van der Waals surface area contributed by atoms with Gasteiger partial charge in [-0.25, -0.2) is 0 Å². The van der Waals surface area contributed by atoms with Crippen molar-refractivity contribution in [2.24, 2.45) is 0 Å². The van der Waals surface area contributed by atoms with Gasteiger partial charge in [-0.05, 0) is 62.1 Å². The van der Waals surface area contributed by atoms with Crippen molar-refractivity contribution in [2.75, 3.05) is 13.2 Å². The van der Waals surface area contributed by atoms with Gasteiger partial charge in [0.15, 0.2) is 0 Å². The van der Waals surface area contributed by atoms with Gasteiger partial charge in [0.2, 0.25) is 0 Å². The molecule has 4 heteroatoms. The summed E-state index contributed by atoms with van der Waals surface area (Å²) < 4.78 is 11.3. The summed E-state index contributed by atoms with van der Waals surface area (Å²) >= 11 is 0. The molecule has 2 aromatic rings. The minimum atomic E-state index is -1.02. The normalized spacial score (nSPS) is 13.4. The highest BCUT2D eigenvalue weighted by Gasteiger charge is 2.19. The van der Waals surface area contributed by atoms with E-state index in [9.17, 15) is 10.2 Å². The van der Waals surface area contributed by atoms with Crippen molar-refractivity contribution in [3.63, 3.8) is 0 Å². The minimum Gasteiger partial charge on any atom is -0.491 e. The second kappa shape index (κ2) is 8.18. The molecular formula is C20H26O4. The maximum atomic E-state index is 10.1. The Morgan fingerprint density at radius 1 is 0.708 bits per heavy atom. The van der Waals surface area contributed by atoms with Gasteiger partial charge in [-0.1, -0.05) is 24.3 Å². The summed E-state index contributed by atoms with van der Waals surface area (Å²) in [6.07, 6.45) is -2.04. The number of aryl methyl sites for hydroxylation is 4. The number of rotatable bonds is 7. The lowest BCUT2D eigenvalue weighted by molar-refractivity contribution is -0.0290. The van der Waals surface area contributed by atoms with Crippen LogP contribution in [0.4, 0.5) is 0 Å². The average Bonchev–Trinajstić information content (AvgIpc) is 2.55. The van der Waals surface area contributed by atoms with E-state index in [0.29, 0.717) is 0 Å². The van der Waals surface area contributed by atoms with E-state index in [1.54, 1.807) is 0 Å². The quantitative estimate of drug-likeness (QED) is 0.819. The molecule has 0 saturated heterocycles. The molecule has 0 spiro atoms. The Kier molecular flexibility index (Phi) is 6.23. The third-order valence-electron chi connectivity index (χ3n) is 3.95. The van der Waals surface area contributed by atoms with Crippen molar-refractivity contribution in [2.45, 2.75) is 39.9 Å². The highest BCUT2D eigenvalue weighted by molar-refractivity contribution is 5.36. The van der Waals surface area contributed by atoms with E-state index in [-0.39, 0.29) is 13.2 Å². The van der Waals surface area contributed by atoms with Crippen molar-refractivity contribution in [1.29, 1.82) is 0 Å². The van der Waals surface area contributed by atoms with Crippen LogP contribution in [-0.4, -0.2) is 35.6 Å². The third-order valence-corrected chi connectivity index (χ3v) is 3.95. The first-order chi connectivity index (χ1) is 11.4. The van der Waals surface area contributed by atoms with E-state index in [0.717, 1.165) is 33.8 Å². The summed E-state index contributed by atoms with van der Waals surface area (Å²) in [5.74, 6) is 1.44. The summed E-state index contributed by atoms with van der Waals surface area (Å²) in [7, 11) is 0. The van der Waals surface area contributed by atoms with Crippen LogP contribution in [0.5, 0.6) is 11.5 Å². The van der Waals surface area contributed by atoms with Crippen LogP contribution in [0.3, 0.4) is 0 Å². The lowest BCUT2D eigenvalue weighted by Gasteiger charge is -2.20. The first kappa shape index (κ1) is 18.3. The molecule has 2 rings (SSSR count). The summed E-state index contributed by atoms with van der Waals surface area (Å²) in [4.78, 5) is 0. The molecule has 0 heterocycles. The topological polar surface area (TPSA) is 58.9 Å². The molecule has 0 bridgehead atoms. The average molecular weight is 330 g/mol. The molecule has 2 atom stereocenters. The molecule has 0 radical (unpaired) electrons. The molecule has 0 amide bonds. The molecule has 0 fully saturated rings. The Labute approximate surface area is 143 Å². The molecular weight excluding hydrogens is 304 g/mol. The SMILES string of the molecule is Cc1ccc(C)c(OC[C@@H](O)[C@@H](O)COc2cc(C)ccc2C)c1. The van der Waals surface area contributed by atoms with Gasteiger partial charge in [-0.15, -0.1) is 0 Å². The van der Waals surface area contributed by atoms with Gasteiger partial charge in [0.1, 0.15) is 36.9 Å². The monoisotopic (exact) mass is 330 g/mol. The zero-order valence-corrected chi connectivity index (χ0v) is 14.7. The molecule has 2 N–H and O–H groups in total. The van der Waals surface area contributed by atoms with Gasteiger partial charge in [-0.2, -0.15) is 0 Å². The molecule has 0 saturated carbocycles. The van der Waals surface area contributed by atoms with Crippen LogP contribution in [0, 0.1) is 27.7 Å². The zero-order chi connectivity index (χ0) is 17.7. The van der Waals surface area contributed by atoms with Crippen LogP contribution in [0.15, 0.2) is 36.4 Å². The predicted octanol–water partition coefficient (Wildman–Crippen LogP) is 3.10. The van der Waals surface area contributed by atoms with E-state index < -0.39 is 12.2 Å². The Bertz CT molecular complexity index is 622. The molecule has 0 aromatic heterocycles. The maximum absolute atomic E-state index is 10.1. The van der Waals surface area contributed by atoms with Crippen LogP contribution in [0.2, 0.25) is 0 Å². The zero-order valence-electron chi connectivity index (χ0n) is 14.7. The second-order valence-electron chi connectivity index (χ2n) is 6.29. The van der Waals surface area contributed by atoms with Gasteiger partial charge in [0, 0.05) is 0 Å². The Morgan fingerprint density at radius 2 is 1.08 bits per heavy atom. The van der Waals surface area contributed by atoms with Gasteiger partial charge in [-0.3, -0.25) is 0 Å². The molecule has 0 unspecified atom stereocenters. The van der Waals surface area contributed by atoms with Crippen LogP contribution in [0.1, 0.15) is 22.3 Å². The predicted molar refractivity (Wildman–Crippen MR) is 94.8 cm³/mol. The van der Waals surface area contributed by atoms with Crippen LogP contribution < -0.4 is 9.47 Å². The molecule has 0 aliphatic rings. The number of ether oxygens (including phenoxy) is 2. The number of hydrogen-bond acceptors (Lipinski definition) is 4. The summed E-state index contributed by atoms with van der Waals surface area (Å²) in [5.41, 5.74) is 4.16. The fraction of sp³-hybridized carbons (Fsp3) is 0.400. The van der Waals surface area contributed by atoms with Crippen molar-refractivity contribution in [3.8, 4) is 11.5 Å². The molecule has 0 aliphatic carbocycles. The fourth-order valence-corrected chi connectivity index (χ4v) is 2.30. The summed E-state index contributed by atoms with van der Waals surface area (Å²) in [5, 5.41) is 20.2. The van der Waals surface area contributed by atoms with Crippen molar-refractivity contribution in [1.82, 2.24) is 0 Å². The highest BCUT2D eigenvalue weighted by atomic mass is 16.5. The van der Waals surface area contributed by atoms with Crippen molar-refractivity contribution in [3.05, 3.63) is 58.7 Å². The standard InChI is InChI=1S/C20H26O4/c1-13-5-7-15(3)19(9-13)23-11-17(21)18(22)12-24-20-10-14(2)6-8-16(20)4/h5-10,17-18,21-22H,11-12H2,1-4H3/t17-,18+. The van der Waals surface area contributed by atoms with Crippen molar-refractivity contribution < 1.29 is 19.7 Å². The lowest BCUT2D eigenvalue weighted by Crippen LogP contribution is -2.36. The number of hydrogen-bond donors (Lipinski definition) is 2. The molecule has 0 aliphatic heterocycles.